The number of benzene rings is 2. The Kier molecular flexibility index (Phi) is 6.92. The van der Waals surface area contributed by atoms with Gasteiger partial charge < -0.3 is 16.0 Å². The molecular formula is C23H20ClFN4O2S. The predicted octanol–water partition coefficient (Wildman–Crippen LogP) is 4.47. The number of rotatable bonds is 7. The number of fused-ring (bicyclic) bond motifs is 1. The van der Waals surface area contributed by atoms with Crippen molar-refractivity contribution in [2.75, 3.05) is 16.4 Å². The Labute approximate surface area is 194 Å². The molecule has 0 aliphatic carbocycles. The molecule has 0 fully saturated rings. The highest BCUT2D eigenvalue weighted by atomic mass is 35.5. The van der Waals surface area contributed by atoms with Crippen molar-refractivity contribution in [2.24, 2.45) is 0 Å². The summed E-state index contributed by atoms with van der Waals surface area (Å²) in [6.07, 6.45) is 3.36. The molecule has 3 aromatic rings. The van der Waals surface area contributed by atoms with Crippen LogP contribution in [0.15, 0.2) is 60.9 Å². The first-order chi connectivity index (χ1) is 15.5. The fraction of sp³-hybridized carbons (Fsp3) is 0.174. The van der Waals surface area contributed by atoms with Crippen LogP contribution in [0.1, 0.15) is 21.5 Å². The molecule has 0 saturated heterocycles. The third-order valence-corrected chi connectivity index (χ3v) is 6.37. The van der Waals surface area contributed by atoms with Gasteiger partial charge in [-0.3, -0.25) is 14.6 Å². The van der Waals surface area contributed by atoms with E-state index in [1.165, 1.54) is 17.8 Å². The minimum atomic E-state index is -0.483. The lowest BCUT2D eigenvalue weighted by Crippen LogP contribution is -2.40. The zero-order valence-corrected chi connectivity index (χ0v) is 18.5. The number of anilines is 2. The molecule has 1 aromatic heterocycles. The first-order valence-corrected chi connectivity index (χ1v) is 11.4. The molecule has 4 rings (SSSR count). The number of nitrogens with one attached hydrogen (secondary N) is 3. The van der Waals surface area contributed by atoms with Crippen molar-refractivity contribution in [1.82, 2.24) is 10.3 Å². The monoisotopic (exact) mass is 470 g/mol. The highest BCUT2D eigenvalue weighted by Gasteiger charge is 2.26. The maximum Gasteiger partial charge on any atom is 0.251 e. The highest BCUT2D eigenvalue weighted by molar-refractivity contribution is 7.98. The summed E-state index contributed by atoms with van der Waals surface area (Å²) in [4.78, 5) is 29.0. The molecule has 1 atom stereocenters. The second kappa shape index (κ2) is 10.0. The number of nitrogens with zero attached hydrogens (tertiary/aromatic N) is 1. The van der Waals surface area contributed by atoms with Gasteiger partial charge in [-0.2, -0.15) is 11.8 Å². The molecule has 2 aromatic carbocycles. The van der Waals surface area contributed by atoms with Gasteiger partial charge in [0.25, 0.3) is 5.91 Å². The van der Waals surface area contributed by atoms with Crippen molar-refractivity contribution in [3.05, 3.63) is 88.5 Å². The van der Waals surface area contributed by atoms with Gasteiger partial charge in [-0.1, -0.05) is 23.7 Å². The quantitative estimate of drug-likeness (QED) is 0.474. The van der Waals surface area contributed by atoms with Gasteiger partial charge in [-0.05, 0) is 42.0 Å². The lowest BCUT2D eigenvalue weighted by Gasteiger charge is -2.27. The molecule has 0 spiro atoms. The number of amides is 2. The van der Waals surface area contributed by atoms with Crippen LogP contribution < -0.4 is 16.0 Å². The van der Waals surface area contributed by atoms with E-state index >= 15 is 0 Å². The largest absolute Gasteiger partial charge is 0.371 e. The molecule has 32 heavy (non-hydrogen) atoms. The minimum absolute atomic E-state index is 0.211. The maximum atomic E-state index is 13.9. The van der Waals surface area contributed by atoms with Crippen LogP contribution in [0, 0.1) is 5.82 Å². The summed E-state index contributed by atoms with van der Waals surface area (Å²) in [6, 6.07) is 12.9. The van der Waals surface area contributed by atoms with E-state index in [2.05, 4.69) is 20.9 Å². The van der Waals surface area contributed by atoms with Gasteiger partial charge >= 0.3 is 0 Å². The number of thioether (sulfide) groups is 1. The molecular weight excluding hydrogens is 451 g/mol. The summed E-state index contributed by atoms with van der Waals surface area (Å²) >= 11 is 7.48. The van der Waals surface area contributed by atoms with Gasteiger partial charge in [-0.15, -0.1) is 0 Å². The third kappa shape index (κ3) is 5.20. The molecule has 1 unspecified atom stereocenters. The van der Waals surface area contributed by atoms with Crippen LogP contribution in [0.4, 0.5) is 15.8 Å². The van der Waals surface area contributed by atoms with Crippen molar-refractivity contribution >= 4 is 46.6 Å². The SMILES string of the molecule is O=C(NCc1cccnc1)c1ccc2c(c1)NC(=O)C(CSCc1c(F)cccc1Cl)N2. The van der Waals surface area contributed by atoms with Crippen LogP contribution in [-0.2, 0) is 17.1 Å². The summed E-state index contributed by atoms with van der Waals surface area (Å²) in [7, 11) is 0. The molecule has 0 saturated carbocycles. The standard InChI is InChI=1S/C23H20ClFN4O2S/c24-17-4-1-5-18(25)16(17)12-32-13-21-23(31)29-20-9-15(6-7-19(20)28-21)22(30)27-11-14-3-2-8-26-10-14/h1-10,21,28H,11-13H2,(H,27,30)(H,29,31). The molecule has 2 heterocycles. The van der Waals surface area contributed by atoms with Crippen molar-refractivity contribution in [1.29, 1.82) is 0 Å². The van der Waals surface area contributed by atoms with E-state index in [0.717, 1.165) is 11.3 Å². The molecule has 3 N–H and O–H groups in total. The fourth-order valence-electron chi connectivity index (χ4n) is 3.24. The Balaban J connectivity index is 1.35. The average Bonchev–Trinajstić information content (AvgIpc) is 2.80. The van der Waals surface area contributed by atoms with E-state index in [9.17, 15) is 14.0 Å². The summed E-state index contributed by atoms with van der Waals surface area (Å²) in [5.74, 6) is -0.0167. The number of aromatic nitrogens is 1. The zero-order valence-electron chi connectivity index (χ0n) is 16.9. The molecule has 164 valence electrons. The highest BCUT2D eigenvalue weighted by Crippen LogP contribution is 2.30. The first-order valence-electron chi connectivity index (χ1n) is 9.90. The number of hydrogen-bond acceptors (Lipinski definition) is 5. The van der Waals surface area contributed by atoms with Crippen LogP contribution in [0.5, 0.6) is 0 Å². The summed E-state index contributed by atoms with van der Waals surface area (Å²) < 4.78 is 13.9. The maximum absolute atomic E-state index is 13.9. The van der Waals surface area contributed by atoms with Crippen LogP contribution in [-0.4, -0.2) is 28.6 Å². The average molecular weight is 471 g/mol. The Bertz CT molecular complexity index is 1130. The van der Waals surface area contributed by atoms with E-state index in [0.29, 0.717) is 39.9 Å². The van der Waals surface area contributed by atoms with E-state index in [4.69, 9.17) is 11.6 Å². The Hall–Kier alpha value is -3.10. The number of halogens is 2. The molecule has 9 heteroatoms. The van der Waals surface area contributed by atoms with Gasteiger partial charge in [0, 0.05) is 46.6 Å². The topological polar surface area (TPSA) is 83.1 Å². The van der Waals surface area contributed by atoms with E-state index in [1.807, 2.05) is 6.07 Å². The van der Waals surface area contributed by atoms with Gasteiger partial charge in [0.1, 0.15) is 11.9 Å². The predicted molar refractivity (Wildman–Crippen MR) is 125 cm³/mol. The van der Waals surface area contributed by atoms with E-state index in [-0.39, 0.29) is 17.6 Å². The lowest BCUT2D eigenvalue weighted by molar-refractivity contribution is -0.116. The second-order valence-corrected chi connectivity index (χ2v) is 8.64. The summed E-state index contributed by atoms with van der Waals surface area (Å²) in [5.41, 5.74) is 3.03. The number of carbonyl (C=O) groups is 2. The Morgan fingerprint density at radius 3 is 2.84 bits per heavy atom. The van der Waals surface area contributed by atoms with Crippen molar-refractivity contribution in [3.8, 4) is 0 Å². The van der Waals surface area contributed by atoms with Gasteiger partial charge in [0.15, 0.2) is 0 Å². The molecule has 0 radical (unpaired) electrons. The van der Waals surface area contributed by atoms with Crippen molar-refractivity contribution in [3.63, 3.8) is 0 Å². The van der Waals surface area contributed by atoms with Crippen molar-refractivity contribution < 1.29 is 14.0 Å². The second-order valence-electron chi connectivity index (χ2n) is 7.21. The molecule has 2 amide bonds. The Morgan fingerprint density at radius 2 is 2.06 bits per heavy atom. The zero-order chi connectivity index (χ0) is 22.5. The normalized spacial score (nSPS) is 14.8. The Morgan fingerprint density at radius 1 is 1.19 bits per heavy atom. The van der Waals surface area contributed by atoms with E-state index < -0.39 is 6.04 Å². The smallest absolute Gasteiger partial charge is 0.251 e. The van der Waals surface area contributed by atoms with Gasteiger partial charge in [-0.25, -0.2) is 4.39 Å². The fourth-order valence-corrected chi connectivity index (χ4v) is 4.64. The molecule has 6 nitrogen and oxygen atoms in total. The van der Waals surface area contributed by atoms with Crippen LogP contribution in [0.2, 0.25) is 5.02 Å². The minimum Gasteiger partial charge on any atom is -0.371 e. The molecule has 0 bridgehead atoms. The first kappa shape index (κ1) is 22.1. The van der Waals surface area contributed by atoms with Crippen LogP contribution in [0.25, 0.3) is 0 Å². The van der Waals surface area contributed by atoms with Crippen LogP contribution in [0.3, 0.4) is 0 Å². The summed E-state index contributed by atoms with van der Waals surface area (Å²) in [6.45, 7) is 0.361. The van der Waals surface area contributed by atoms with Gasteiger partial charge in [0.2, 0.25) is 5.91 Å². The van der Waals surface area contributed by atoms with E-state index in [1.54, 1.807) is 48.8 Å². The third-order valence-electron chi connectivity index (χ3n) is 4.95. The number of hydrogen-bond donors (Lipinski definition) is 3. The summed E-state index contributed by atoms with van der Waals surface area (Å²) in [5, 5.41) is 9.24. The number of carbonyl (C=O) groups excluding carboxylic acids is 2. The van der Waals surface area contributed by atoms with Crippen molar-refractivity contribution in [2.45, 2.75) is 18.3 Å². The number of pyridine rings is 1. The lowest BCUT2D eigenvalue weighted by atomic mass is 10.1. The van der Waals surface area contributed by atoms with Gasteiger partial charge in [0.05, 0.1) is 11.4 Å². The van der Waals surface area contributed by atoms with Crippen LogP contribution >= 0.6 is 23.4 Å². The molecule has 1 aliphatic rings. The molecule has 1 aliphatic heterocycles.